The molecule has 9 nitrogen and oxygen atoms in total. The van der Waals surface area contributed by atoms with E-state index in [0.717, 1.165) is 75.8 Å². The van der Waals surface area contributed by atoms with E-state index in [2.05, 4.69) is 32.7 Å². The first-order chi connectivity index (χ1) is 14.8. The van der Waals surface area contributed by atoms with Crippen LogP contribution in [-0.2, 0) is 24.3 Å². The van der Waals surface area contributed by atoms with Gasteiger partial charge in [-0.1, -0.05) is 13.3 Å². The van der Waals surface area contributed by atoms with Crippen molar-refractivity contribution in [1.29, 1.82) is 0 Å². The highest BCUT2D eigenvalue weighted by Gasteiger charge is 2.15. The number of guanidine groups is 1. The highest BCUT2D eigenvalue weighted by atomic mass is 127. The van der Waals surface area contributed by atoms with Crippen molar-refractivity contribution in [1.82, 2.24) is 30.3 Å². The van der Waals surface area contributed by atoms with Gasteiger partial charge in [0.15, 0.2) is 5.96 Å². The number of aliphatic imine (C=N–C) groups is 1. The number of nitrogens with zero attached hydrogens (tertiary/aromatic N) is 5. The maximum absolute atomic E-state index is 12.1. The monoisotopic (exact) mass is 543 g/mol. The fraction of sp³-hybridized carbons (Fsp3) is 0.619. The Labute approximate surface area is 201 Å². The summed E-state index contributed by atoms with van der Waals surface area (Å²) in [6, 6.07) is 3.78. The molecule has 1 fully saturated rings. The van der Waals surface area contributed by atoms with Crippen LogP contribution in [-0.4, -0.2) is 57.7 Å². The van der Waals surface area contributed by atoms with Crippen molar-refractivity contribution in [2.24, 2.45) is 4.99 Å². The minimum atomic E-state index is 0. The quantitative estimate of drug-likeness (QED) is 0.207. The molecule has 0 saturated carbocycles. The maximum atomic E-state index is 12.1. The van der Waals surface area contributed by atoms with Gasteiger partial charge in [-0.15, -0.1) is 34.2 Å². The Morgan fingerprint density at radius 1 is 1.23 bits per heavy atom. The molecule has 2 aromatic rings. The van der Waals surface area contributed by atoms with Crippen LogP contribution in [0.5, 0.6) is 0 Å². The van der Waals surface area contributed by atoms with E-state index in [1.165, 1.54) is 0 Å². The lowest BCUT2D eigenvalue weighted by Gasteiger charge is -2.21. The number of likely N-dealkylation sites (tertiary alicyclic amines) is 1. The van der Waals surface area contributed by atoms with Gasteiger partial charge in [0, 0.05) is 45.6 Å². The highest BCUT2D eigenvalue weighted by Crippen LogP contribution is 2.11. The molecule has 0 bridgehead atoms. The largest absolute Gasteiger partial charge is 0.467 e. The molecular formula is C21H34IN7O2. The molecule has 3 rings (SSSR count). The third kappa shape index (κ3) is 8.50. The van der Waals surface area contributed by atoms with Crippen LogP contribution in [0.2, 0.25) is 0 Å². The fourth-order valence-electron chi connectivity index (χ4n) is 3.52. The van der Waals surface area contributed by atoms with Crippen LogP contribution >= 0.6 is 24.0 Å². The molecule has 0 radical (unpaired) electrons. The number of aromatic nitrogens is 3. The summed E-state index contributed by atoms with van der Waals surface area (Å²) < 4.78 is 7.42. The van der Waals surface area contributed by atoms with Gasteiger partial charge in [-0.25, -0.2) is 4.99 Å². The number of nitrogens with one attached hydrogen (secondary N) is 2. The first-order valence-corrected chi connectivity index (χ1v) is 10.9. The molecule has 1 aliphatic heterocycles. The summed E-state index contributed by atoms with van der Waals surface area (Å²) in [5.74, 6) is 2.82. The van der Waals surface area contributed by atoms with Gasteiger partial charge in [-0.05, 0) is 31.4 Å². The molecule has 1 aliphatic rings. The van der Waals surface area contributed by atoms with E-state index >= 15 is 0 Å². The number of furan rings is 1. The third-order valence-electron chi connectivity index (χ3n) is 5.20. The molecule has 2 N–H and O–H groups in total. The summed E-state index contributed by atoms with van der Waals surface area (Å²) in [6.07, 6.45) is 9.12. The number of aryl methyl sites for hydroxylation is 1. The standard InChI is InChI=1S/C21H33N7O2.HI/c1-2-19-26-25-17-28(19)14-11-23-21(24-16-18-8-6-15-30-18)22-10-7-13-27-12-5-3-4-9-20(27)29;/h6,8,15,17H,2-5,7,9-14,16H2,1H3,(H2,22,23,24);1H. The van der Waals surface area contributed by atoms with E-state index in [4.69, 9.17) is 4.42 Å². The summed E-state index contributed by atoms with van der Waals surface area (Å²) in [6.45, 7) is 6.44. The maximum Gasteiger partial charge on any atom is 0.222 e. The van der Waals surface area contributed by atoms with E-state index in [0.29, 0.717) is 19.5 Å². The Bertz CT molecular complexity index is 792. The van der Waals surface area contributed by atoms with Crippen molar-refractivity contribution in [2.45, 2.75) is 58.5 Å². The van der Waals surface area contributed by atoms with Crippen LogP contribution in [0.25, 0.3) is 0 Å². The minimum absolute atomic E-state index is 0. The first kappa shape index (κ1) is 25.2. The summed E-state index contributed by atoms with van der Waals surface area (Å²) >= 11 is 0. The molecule has 3 heterocycles. The lowest BCUT2D eigenvalue weighted by molar-refractivity contribution is -0.130. The smallest absolute Gasteiger partial charge is 0.222 e. The Balaban J connectivity index is 0.00000341. The Morgan fingerprint density at radius 2 is 2.10 bits per heavy atom. The van der Waals surface area contributed by atoms with Crippen LogP contribution in [0.15, 0.2) is 34.1 Å². The summed E-state index contributed by atoms with van der Waals surface area (Å²) in [5.41, 5.74) is 0. The molecule has 1 amide bonds. The second kappa shape index (κ2) is 14.0. The van der Waals surface area contributed by atoms with Gasteiger partial charge in [-0.3, -0.25) is 4.79 Å². The molecular weight excluding hydrogens is 509 g/mol. The molecule has 31 heavy (non-hydrogen) atoms. The van der Waals surface area contributed by atoms with Crippen molar-refractivity contribution < 1.29 is 9.21 Å². The second-order valence-electron chi connectivity index (χ2n) is 7.44. The second-order valence-corrected chi connectivity index (χ2v) is 7.44. The molecule has 0 unspecified atom stereocenters. The number of halogens is 1. The Morgan fingerprint density at radius 3 is 2.90 bits per heavy atom. The van der Waals surface area contributed by atoms with E-state index in [-0.39, 0.29) is 29.9 Å². The SMILES string of the molecule is CCc1nncn1CCNC(=NCc1ccco1)NCCCN1CCCCCC1=O.I. The predicted octanol–water partition coefficient (Wildman–Crippen LogP) is 2.58. The summed E-state index contributed by atoms with van der Waals surface area (Å²) in [7, 11) is 0. The number of rotatable bonds is 10. The number of amides is 1. The predicted molar refractivity (Wildman–Crippen MR) is 130 cm³/mol. The molecule has 172 valence electrons. The lowest BCUT2D eigenvalue weighted by Crippen LogP contribution is -2.40. The Hall–Kier alpha value is -2.11. The van der Waals surface area contributed by atoms with Crippen molar-refractivity contribution >= 4 is 35.8 Å². The van der Waals surface area contributed by atoms with Crippen LogP contribution in [0.3, 0.4) is 0 Å². The van der Waals surface area contributed by atoms with E-state index < -0.39 is 0 Å². The molecule has 0 atom stereocenters. The Kier molecular flexibility index (Phi) is 11.4. The van der Waals surface area contributed by atoms with Crippen LogP contribution in [0.4, 0.5) is 0 Å². The number of carbonyl (C=O) groups excluding carboxylic acids is 1. The van der Waals surface area contributed by atoms with Gasteiger partial charge >= 0.3 is 0 Å². The highest BCUT2D eigenvalue weighted by molar-refractivity contribution is 14.0. The molecule has 2 aromatic heterocycles. The summed E-state index contributed by atoms with van der Waals surface area (Å²) in [4.78, 5) is 18.8. The normalized spacial score (nSPS) is 14.8. The zero-order valence-electron chi connectivity index (χ0n) is 18.3. The molecule has 0 spiro atoms. The average Bonchev–Trinajstić information content (AvgIpc) is 3.39. The topological polar surface area (TPSA) is 101 Å². The van der Waals surface area contributed by atoms with E-state index in [1.54, 1.807) is 12.6 Å². The van der Waals surface area contributed by atoms with Gasteiger partial charge in [0.2, 0.25) is 5.91 Å². The number of hydrogen-bond acceptors (Lipinski definition) is 5. The number of carbonyl (C=O) groups is 1. The summed E-state index contributed by atoms with van der Waals surface area (Å²) in [5, 5.41) is 14.8. The average molecular weight is 543 g/mol. The lowest BCUT2D eigenvalue weighted by atomic mass is 10.2. The first-order valence-electron chi connectivity index (χ1n) is 10.9. The van der Waals surface area contributed by atoms with Gasteiger partial charge in [0.1, 0.15) is 24.5 Å². The molecule has 1 saturated heterocycles. The van der Waals surface area contributed by atoms with E-state index in [1.807, 2.05) is 21.6 Å². The van der Waals surface area contributed by atoms with Crippen LogP contribution < -0.4 is 10.6 Å². The molecule has 0 aromatic carbocycles. The molecule has 10 heteroatoms. The van der Waals surface area contributed by atoms with Crippen LogP contribution in [0, 0.1) is 0 Å². The van der Waals surface area contributed by atoms with Gasteiger partial charge in [0.25, 0.3) is 0 Å². The third-order valence-corrected chi connectivity index (χ3v) is 5.20. The van der Waals surface area contributed by atoms with Crippen molar-refractivity contribution in [3.8, 4) is 0 Å². The van der Waals surface area contributed by atoms with Gasteiger partial charge in [-0.2, -0.15) is 0 Å². The van der Waals surface area contributed by atoms with E-state index in [9.17, 15) is 4.79 Å². The molecule has 0 aliphatic carbocycles. The van der Waals surface area contributed by atoms with Crippen LogP contribution in [0.1, 0.15) is 50.6 Å². The zero-order valence-corrected chi connectivity index (χ0v) is 20.6. The van der Waals surface area contributed by atoms with Crippen molar-refractivity contribution in [3.05, 3.63) is 36.3 Å². The zero-order chi connectivity index (χ0) is 21.0. The fourth-order valence-corrected chi connectivity index (χ4v) is 3.52. The van der Waals surface area contributed by atoms with Crippen molar-refractivity contribution in [2.75, 3.05) is 26.2 Å². The van der Waals surface area contributed by atoms with Gasteiger partial charge in [0.05, 0.1) is 6.26 Å². The van der Waals surface area contributed by atoms with Crippen molar-refractivity contribution in [3.63, 3.8) is 0 Å². The number of hydrogen-bond donors (Lipinski definition) is 2. The van der Waals surface area contributed by atoms with Gasteiger partial charge < -0.3 is 24.5 Å². The minimum Gasteiger partial charge on any atom is -0.467 e.